The summed E-state index contributed by atoms with van der Waals surface area (Å²) in [5.41, 5.74) is 7.05. The van der Waals surface area contributed by atoms with Crippen LogP contribution in [0.5, 0.6) is 0 Å². The topological polar surface area (TPSA) is 63.8 Å². The summed E-state index contributed by atoms with van der Waals surface area (Å²) in [5, 5.41) is 3.79. The molecule has 0 saturated carbocycles. The van der Waals surface area contributed by atoms with Gasteiger partial charge in [-0.15, -0.1) is 0 Å². The molecule has 0 aliphatic heterocycles. The number of anilines is 3. The molecule has 0 bridgehead atoms. The number of nitrogens with zero attached hydrogens (tertiary/aromatic N) is 2. The van der Waals surface area contributed by atoms with Crippen molar-refractivity contribution in [1.29, 1.82) is 0 Å². The van der Waals surface area contributed by atoms with Crippen molar-refractivity contribution >= 4 is 40.4 Å². The number of benzene rings is 1. The summed E-state index contributed by atoms with van der Waals surface area (Å²) in [6.45, 7) is 0. The molecule has 3 N–H and O–H groups in total. The van der Waals surface area contributed by atoms with Gasteiger partial charge < -0.3 is 11.1 Å². The Kier molecular flexibility index (Phi) is 3.12. The SMILES string of the molecule is Nc1cc(Cl)ccc1Nc1ccnc(Cl)n1. The van der Waals surface area contributed by atoms with E-state index in [1.165, 1.54) is 0 Å². The lowest BCUT2D eigenvalue weighted by Crippen LogP contribution is -1.98. The molecule has 0 atom stereocenters. The number of nitrogens with one attached hydrogen (secondary N) is 1. The summed E-state index contributed by atoms with van der Waals surface area (Å²) < 4.78 is 0. The molecule has 0 unspecified atom stereocenters. The maximum absolute atomic E-state index is 5.79. The minimum absolute atomic E-state index is 0.178. The third-order valence-electron chi connectivity index (χ3n) is 1.90. The van der Waals surface area contributed by atoms with Crippen LogP contribution < -0.4 is 11.1 Å². The van der Waals surface area contributed by atoms with Gasteiger partial charge in [0.15, 0.2) is 0 Å². The van der Waals surface area contributed by atoms with Crippen molar-refractivity contribution in [3.05, 3.63) is 40.8 Å². The van der Waals surface area contributed by atoms with Crippen LogP contribution in [0.25, 0.3) is 0 Å². The lowest BCUT2D eigenvalue weighted by Gasteiger charge is -2.08. The van der Waals surface area contributed by atoms with Crippen LogP contribution in [0.2, 0.25) is 10.3 Å². The quantitative estimate of drug-likeness (QED) is 0.639. The molecule has 2 aromatic rings. The smallest absolute Gasteiger partial charge is 0.224 e. The monoisotopic (exact) mass is 254 g/mol. The first-order valence-corrected chi connectivity index (χ1v) is 5.21. The second-order valence-electron chi connectivity index (χ2n) is 3.07. The number of nitrogen functional groups attached to an aromatic ring is 1. The first-order valence-electron chi connectivity index (χ1n) is 4.46. The van der Waals surface area contributed by atoms with E-state index in [0.717, 1.165) is 5.69 Å². The molecule has 0 amide bonds. The standard InChI is InChI=1S/C10H8Cl2N4/c11-6-1-2-8(7(13)5-6)15-9-3-4-14-10(12)16-9/h1-5H,13H2,(H,14,15,16). The first-order chi connectivity index (χ1) is 7.65. The van der Waals surface area contributed by atoms with Gasteiger partial charge in [0.2, 0.25) is 5.28 Å². The highest BCUT2D eigenvalue weighted by Crippen LogP contribution is 2.25. The normalized spacial score (nSPS) is 10.1. The van der Waals surface area contributed by atoms with Crippen molar-refractivity contribution < 1.29 is 0 Å². The van der Waals surface area contributed by atoms with Crippen molar-refractivity contribution in [3.63, 3.8) is 0 Å². The largest absolute Gasteiger partial charge is 0.397 e. The Morgan fingerprint density at radius 1 is 1.19 bits per heavy atom. The van der Waals surface area contributed by atoms with Gasteiger partial charge in [-0.1, -0.05) is 11.6 Å². The lowest BCUT2D eigenvalue weighted by atomic mass is 10.2. The fourth-order valence-electron chi connectivity index (χ4n) is 1.19. The Hall–Kier alpha value is -1.52. The minimum Gasteiger partial charge on any atom is -0.397 e. The van der Waals surface area contributed by atoms with Crippen LogP contribution in [0.1, 0.15) is 0 Å². The summed E-state index contributed by atoms with van der Waals surface area (Å²) in [7, 11) is 0. The summed E-state index contributed by atoms with van der Waals surface area (Å²) in [4.78, 5) is 7.77. The van der Waals surface area contributed by atoms with Gasteiger partial charge in [-0.2, -0.15) is 0 Å². The predicted molar refractivity (Wildman–Crippen MR) is 66.2 cm³/mol. The van der Waals surface area contributed by atoms with Gasteiger partial charge >= 0.3 is 0 Å². The molecule has 1 heterocycles. The van der Waals surface area contributed by atoms with Crippen molar-refractivity contribution in [2.75, 3.05) is 11.1 Å². The fraction of sp³-hybridized carbons (Fsp3) is 0. The molecular formula is C10H8Cl2N4. The zero-order valence-electron chi connectivity index (χ0n) is 8.11. The van der Waals surface area contributed by atoms with E-state index in [1.807, 2.05) is 0 Å². The van der Waals surface area contributed by atoms with Crippen LogP contribution in [-0.2, 0) is 0 Å². The minimum atomic E-state index is 0.178. The highest BCUT2D eigenvalue weighted by Gasteiger charge is 2.02. The Bertz CT molecular complexity index is 516. The Morgan fingerprint density at radius 3 is 2.69 bits per heavy atom. The second kappa shape index (κ2) is 4.55. The molecular weight excluding hydrogens is 247 g/mol. The summed E-state index contributed by atoms with van der Waals surface area (Å²) in [6, 6.07) is 6.86. The Morgan fingerprint density at radius 2 is 2.00 bits per heavy atom. The van der Waals surface area contributed by atoms with Gasteiger partial charge in [0.05, 0.1) is 11.4 Å². The first kappa shape index (κ1) is 11.0. The van der Waals surface area contributed by atoms with Crippen LogP contribution in [0.4, 0.5) is 17.2 Å². The third-order valence-corrected chi connectivity index (χ3v) is 2.32. The molecule has 6 heteroatoms. The van der Waals surface area contributed by atoms with Crippen molar-refractivity contribution in [1.82, 2.24) is 9.97 Å². The van der Waals surface area contributed by atoms with Gasteiger partial charge in [0, 0.05) is 11.2 Å². The van der Waals surface area contributed by atoms with E-state index in [4.69, 9.17) is 28.9 Å². The molecule has 0 fully saturated rings. The van der Waals surface area contributed by atoms with Crippen molar-refractivity contribution in [2.24, 2.45) is 0 Å². The highest BCUT2D eigenvalue weighted by molar-refractivity contribution is 6.31. The maximum atomic E-state index is 5.79. The lowest BCUT2D eigenvalue weighted by molar-refractivity contribution is 1.17. The summed E-state index contributed by atoms with van der Waals surface area (Å²) >= 11 is 11.5. The van der Waals surface area contributed by atoms with E-state index < -0.39 is 0 Å². The van der Waals surface area contributed by atoms with E-state index in [0.29, 0.717) is 16.5 Å². The molecule has 16 heavy (non-hydrogen) atoms. The van der Waals surface area contributed by atoms with Gasteiger partial charge in [-0.3, -0.25) is 0 Å². The maximum Gasteiger partial charge on any atom is 0.224 e. The zero-order valence-corrected chi connectivity index (χ0v) is 9.63. The number of hydrogen-bond donors (Lipinski definition) is 2. The summed E-state index contributed by atoms with van der Waals surface area (Å²) in [6.07, 6.45) is 1.56. The van der Waals surface area contributed by atoms with Crippen LogP contribution in [0, 0.1) is 0 Å². The zero-order chi connectivity index (χ0) is 11.5. The van der Waals surface area contributed by atoms with E-state index in [9.17, 15) is 0 Å². The third kappa shape index (κ3) is 2.53. The van der Waals surface area contributed by atoms with E-state index in [1.54, 1.807) is 30.5 Å². The number of halogens is 2. The van der Waals surface area contributed by atoms with E-state index in [2.05, 4.69) is 15.3 Å². The molecule has 0 aliphatic carbocycles. The van der Waals surface area contributed by atoms with Gasteiger partial charge in [0.1, 0.15) is 5.82 Å². The van der Waals surface area contributed by atoms with Gasteiger partial charge in [-0.25, -0.2) is 9.97 Å². The van der Waals surface area contributed by atoms with Crippen LogP contribution in [0.3, 0.4) is 0 Å². The average Bonchev–Trinajstić information content (AvgIpc) is 2.22. The summed E-state index contributed by atoms with van der Waals surface area (Å²) in [5.74, 6) is 0.578. The average molecular weight is 255 g/mol. The molecule has 2 rings (SSSR count). The second-order valence-corrected chi connectivity index (χ2v) is 3.84. The van der Waals surface area contributed by atoms with E-state index in [-0.39, 0.29) is 5.28 Å². The Balaban J connectivity index is 2.27. The highest BCUT2D eigenvalue weighted by atomic mass is 35.5. The number of aromatic nitrogens is 2. The van der Waals surface area contributed by atoms with Crippen LogP contribution in [-0.4, -0.2) is 9.97 Å². The molecule has 0 aliphatic rings. The molecule has 0 radical (unpaired) electrons. The number of nitrogens with two attached hydrogens (primary N) is 1. The van der Waals surface area contributed by atoms with Crippen LogP contribution in [0.15, 0.2) is 30.5 Å². The van der Waals surface area contributed by atoms with Gasteiger partial charge in [0.25, 0.3) is 0 Å². The molecule has 0 spiro atoms. The predicted octanol–water partition coefficient (Wildman–Crippen LogP) is 3.11. The van der Waals surface area contributed by atoms with Crippen LogP contribution >= 0.6 is 23.2 Å². The molecule has 0 saturated heterocycles. The van der Waals surface area contributed by atoms with Gasteiger partial charge in [-0.05, 0) is 35.9 Å². The number of rotatable bonds is 2. The molecule has 1 aromatic carbocycles. The molecule has 82 valence electrons. The van der Waals surface area contributed by atoms with Crippen molar-refractivity contribution in [3.8, 4) is 0 Å². The fourth-order valence-corrected chi connectivity index (χ4v) is 1.52. The van der Waals surface area contributed by atoms with Crippen molar-refractivity contribution in [2.45, 2.75) is 0 Å². The Labute approximate surface area is 102 Å². The van der Waals surface area contributed by atoms with E-state index >= 15 is 0 Å². The molecule has 4 nitrogen and oxygen atoms in total. The molecule has 1 aromatic heterocycles. The number of hydrogen-bond acceptors (Lipinski definition) is 4.